The van der Waals surface area contributed by atoms with Crippen molar-refractivity contribution in [3.8, 4) is 0 Å². The summed E-state index contributed by atoms with van der Waals surface area (Å²) in [5.74, 6) is 0. The summed E-state index contributed by atoms with van der Waals surface area (Å²) in [6.45, 7) is 37.0. The Morgan fingerprint density at radius 3 is 0.763 bits per heavy atom. The molecule has 0 rings (SSSR count). The number of nitrogens with zero attached hydrogens (tertiary/aromatic N) is 2. The second-order valence-electron chi connectivity index (χ2n) is 19.6. The minimum Gasteiger partial charge on any atom is -0.893 e. The molecule has 0 aromatic carbocycles. The van der Waals surface area contributed by atoms with Gasteiger partial charge in [-0.15, -0.1) is 13.4 Å². The molecule has 0 aliphatic rings. The normalized spacial score (nSPS) is 11.9. The van der Waals surface area contributed by atoms with Crippen molar-refractivity contribution in [3.63, 3.8) is 0 Å². The molecule has 0 N–H and O–H groups in total. The fourth-order valence-electron chi connectivity index (χ4n) is 9.44. The highest BCUT2D eigenvalue weighted by Crippen LogP contribution is 2.41. The van der Waals surface area contributed by atoms with Crippen molar-refractivity contribution in [2.45, 2.75) is 294 Å². The smallest absolute Gasteiger partial charge is 0.0786 e. The summed E-state index contributed by atoms with van der Waals surface area (Å²) in [5.41, 5.74) is 0.538. The van der Waals surface area contributed by atoms with Crippen molar-refractivity contribution in [2.75, 3.05) is 52.4 Å². The number of hydrogen-bond donors (Lipinski definition) is 0. The zero-order valence-corrected chi connectivity index (χ0v) is 43.5. The number of hydrogen-bond acceptors (Lipinski definition) is 2. The van der Waals surface area contributed by atoms with Crippen LogP contribution < -0.4 is 10.0 Å². The summed E-state index contributed by atoms with van der Waals surface area (Å²) in [4.78, 5) is 0. The van der Waals surface area contributed by atoms with Crippen molar-refractivity contribution in [1.82, 2.24) is 0 Å². The van der Waals surface area contributed by atoms with E-state index in [2.05, 4.69) is 76.2 Å². The van der Waals surface area contributed by atoms with Crippen molar-refractivity contribution < 1.29 is 19.0 Å². The van der Waals surface area contributed by atoms with E-state index in [1.807, 2.05) is 0 Å². The minimum atomic E-state index is -1.62. The van der Waals surface area contributed by atoms with Crippen LogP contribution in [-0.2, 0) is 0 Å². The SMILES string of the molecule is CCCCC(CCCC)(CCCC)CCCCCB([O-])[O-].CCCCCC[N+](CCCC)(CCCC)CCCC.CCCCCC[N+](CCCC)(CCCC)CCCC. The van der Waals surface area contributed by atoms with E-state index in [0.29, 0.717) is 11.7 Å². The topological polar surface area (TPSA) is 46.1 Å². The second-order valence-corrected chi connectivity index (χ2v) is 19.6. The van der Waals surface area contributed by atoms with E-state index in [1.54, 1.807) is 0 Å². The molecule has 0 radical (unpaired) electrons. The Hall–Kier alpha value is -0.0951. The molecule has 0 unspecified atom stereocenters. The maximum absolute atomic E-state index is 10.6. The monoisotopic (exact) mass is 837 g/mol. The first kappa shape index (κ1) is 63.2. The lowest BCUT2D eigenvalue weighted by molar-refractivity contribution is -0.929. The first-order valence-corrected chi connectivity index (χ1v) is 27.6. The van der Waals surface area contributed by atoms with Crippen LogP contribution in [-0.4, -0.2) is 68.4 Å². The van der Waals surface area contributed by atoms with Crippen LogP contribution >= 0.6 is 0 Å². The molecule has 358 valence electrons. The zero-order valence-electron chi connectivity index (χ0n) is 43.5. The molecule has 5 heteroatoms. The maximum Gasteiger partial charge on any atom is 0.0786 e. The molecule has 0 aromatic heterocycles. The molecule has 0 heterocycles. The lowest BCUT2D eigenvalue weighted by Crippen LogP contribution is -2.50. The quantitative estimate of drug-likeness (QED) is 0.0349. The molecule has 4 nitrogen and oxygen atoms in total. The summed E-state index contributed by atoms with van der Waals surface area (Å²) >= 11 is 0. The second kappa shape index (κ2) is 47.4. The fraction of sp³-hybridized carbons (Fsp3) is 1.00. The van der Waals surface area contributed by atoms with Crippen LogP contribution in [0.5, 0.6) is 0 Å². The average Bonchev–Trinajstić information content (AvgIpc) is 3.25. The van der Waals surface area contributed by atoms with E-state index in [4.69, 9.17) is 0 Å². The Morgan fingerprint density at radius 1 is 0.271 bits per heavy atom. The van der Waals surface area contributed by atoms with E-state index < -0.39 is 7.12 Å². The van der Waals surface area contributed by atoms with Crippen molar-refractivity contribution >= 4 is 7.12 Å². The Labute approximate surface area is 377 Å². The summed E-state index contributed by atoms with van der Waals surface area (Å²) in [6.07, 6.45) is 44.7. The first-order valence-electron chi connectivity index (χ1n) is 27.6. The first-order chi connectivity index (χ1) is 28.6. The van der Waals surface area contributed by atoms with Crippen molar-refractivity contribution in [3.05, 3.63) is 0 Å². The molecule has 0 saturated carbocycles. The van der Waals surface area contributed by atoms with Gasteiger partial charge in [0, 0.05) is 0 Å². The summed E-state index contributed by atoms with van der Waals surface area (Å²) < 4.78 is 2.86. The third kappa shape index (κ3) is 39.2. The third-order valence-corrected chi connectivity index (χ3v) is 13.7. The van der Waals surface area contributed by atoms with Gasteiger partial charge in [0.05, 0.1) is 52.4 Å². The van der Waals surface area contributed by atoms with Gasteiger partial charge in [-0.05, 0) is 95.3 Å². The Morgan fingerprint density at radius 2 is 0.508 bits per heavy atom. The number of unbranched alkanes of at least 4 members (excludes halogenated alkanes) is 17. The van der Waals surface area contributed by atoms with Crippen LogP contribution in [0.3, 0.4) is 0 Å². The van der Waals surface area contributed by atoms with Crippen molar-refractivity contribution in [1.29, 1.82) is 0 Å². The average molecular weight is 837 g/mol. The minimum absolute atomic E-state index is 0.311. The van der Waals surface area contributed by atoms with Gasteiger partial charge in [0.15, 0.2) is 0 Å². The van der Waals surface area contributed by atoms with Gasteiger partial charge in [0.25, 0.3) is 0 Å². The molecular weight excluding hydrogens is 719 g/mol. The predicted molar refractivity (Wildman–Crippen MR) is 267 cm³/mol. The molecule has 0 amide bonds. The van der Waals surface area contributed by atoms with Crippen molar-refractivity contribution in [2.24, 2.45) is 5.41 Å². The highest BCUT2D eigenvalue weighted by molar-refractivity contribution is 6.36. The van der Waals surface area contributed by atoms with E-state index >= 15 is 0 Å². The summed E-state index contributed by atoms with van der Waals surface area (Å²) in [5, 5.41) is 21.1. The molecule has 0 spiro atoms. The van der Waals surface area contributed by atoms with Gasteiger partial charge in [-0.1, -0.05) is 198 Å². The van der Waals surface area contributed by atoms with Gasteiger partial charge in [-0.25, -0.2) is 0 Å². The van der Waals surface area contributed by atoms with Gasteiger partial charge in [0.1, 0.15) is 0 Å². The van der Waals surface area contributed by atoms with E-state index in [9.17, 15) is 10.0 Å². The van der Waals surface area contributed by atoms with E-state index in [0.717, 1.165) is 12.8 Å². The summed E-state index contributed by atoms with van der Waals surface area (Å²) in [6, 6.07) is 0. The van der Waals surface area contributed by atoms with Crippen LogP contribution in [0.25, 0.3) is 0 Å². The Bertz CT molecular complexity index is 672. The summed E-state index contributed by atoms with van der Waals surface area (Å²) in [7, 11) is -1.62. The standard InChI is InChI=1S/C18H37BO2.2C18H40N/c1-4-7-13-18(14-8-5-2,15-9-6-3)16-11-10-12-17-19(20)21;2*1-5-9-13-14-18-19(15-10-6-2,16-11-7-3)17-12-8-4/h4-17H2,1-3H3;2*5-18H2,1-4H3/q-2;2*+1. The number of quaternary nitrogens is 2. The van der Waals surface area contributed by atoms with Gasteiger partial charge < -0.3 is 19.0 Å². The van der Waals surface area contributed by atoms with E-state index in [-0.39, 0.29) is 0 Å². The molecule has 0 atom stereocenters. The Kier molecular flexibility index (Phi) is 50.8. The molecule has 0 aliphatic carbocycles. The number of rotatable bonds is 43. The lowest BCUT2D eigenvalue weighted by Gasteiger charge is -2.39. The van der Waals surface area contributed by atoms with E-state index in [1.165, 1.54) is 260 Å². The maximum atomic E-state index is 10.6. The largest absolute Gasteiger partial charge is 0.893 e. The molecule has 0 aliphatic heterocycles. The lowest BCUT2D eigenvalue weighted by atomic mass is 9.71. The van der Waals surface area contributed by atoms with Crippen LogP contribution in [0, 0.1) is 5.41 Å². The van der Waals surface area contributed by atoms with Crippen LogP contribution in [0.2, 0.25) is 6.32 Å². The fourth-order valence-corrected chi connectivity index (χ4v) is 9.44. The molecule has 59 heavy (non-hydrogen) atoms. The third-order valence-electron chi connectivity index (χ3n) is 13.7. The van der Waals surface area contributed by atoms with Gasteiger partial charge >= 0.3 is 0 Å². The zero-order chi connectivity index (χ0) is 44.8. The molecule has 0 fully saturated rings. The van der Waals surface area contributed by atoms with Crippen LogP contribution in [0.15, 0.2) is 0 Å². The highest BCUT2D eigenvalue weighted by Gasteiger charge is 2.28. The van der Waals surface area contributed by atoms with Crippen LogP contribution in [0.1, 0.15) is 288 Å². The Balaban J connectivity index is -0.000000799. The van der Waals surface area contributed by atoms with Crippen LogP contribution in [0.4, 0.5) is 0 Å². The molecule has 0 bridgehead atoms. The highest BCUT2D eigenvalue weighted by atomic mass is 16.4. The predicted octanol–water partition coefficient (Wildman–Crippen LogP) is 15.9. The molecular formula is C54H117BN2O2. The van der Waals surface area contributed by atoms with Gasteiger partial charge in [-0.2, -0.15) is 0 Å². The van der Waals surface area contributed by atoms with Gasteiger partial charge in [0.2, 0.25) is 0 Å². The molecule has 0 aromatic rings. The molecule has 0 saturated heterocycles. The van der Waals surface area contributed by atoms with Gasteiger partial charge in [-0.3, -0.25) is 0 Å².